The highest BCUT2D eigenvalue weighted by molar-refractivity contribution is 7.80. The molecule has 0 aromatic rings. The Bertz CT molecular complexity index is 310. The second-order valence-corrected chi connectivity index (χ2v) is 8.01. The maximum Gasteiger partial charge on any atom is 0.166 e. The third-order valence-corrected chi connectivity index (χ3v) is 4.84. The minimum Gasteiger partial charge on any atom is -0.363 e. The first-order valence-electron chi connectivity index (χ1n) is 11.7. The Balaban J connectivity index is 0. The van der Waals surface area contributed by atoms with Gasteiger partial charge in [0.05, 0.1) is 0 Å². The Morgan fingerprint density at radius 3 is 1.00 bits per heavy atom. The molecule has 0 unspecified atom stereocenters. The van der Waals surface area contributed by atoms with Gasteiger partial charge in [0.2, 0.25) is 0 Å². The highest BCUT2D eigenvalue weighted by atomic mass is 32.1. The molecular weight excluding hydrogens is 384 g/mol. The minimum atomic E-state index is 0.803. The smallest absolute Gasteiger partial charge is 0.166 e. The van der Waals surface area contributed by atoms with Crippen molar-refractivity contribution < 1.29 is 0 Å². The lowest BCUT2D eigenvalue weighted by Gasteiger charge is -2.09. The van der Waals surface area contributed by atoms with Gasteiger partial charge in [0, 0.05) is 26.2 Å². The summed E-state index contributed by atoms with van der Waals surface area (Å²) in [6.45, 7) is 12.8. The number of thiocarbonyl (C=S) groups is 2. The van der Waals surface area contributed by atoms with Crippen LogP contribution >= 0.6 is 24.4 Å². The molecule has 0 aliphatic heterocycles. The molecule has 0 fully saturated rings. The van der Waals surface area contributed by atoms with Crippen molar-refractivity contribution in [1.29, 1.82) is 0 Å². The van der Waals surface area contributed by atoms with E-state index in [2.05, 4.69) is 49.0 Å². The van der Waals surface area contributed by atoms with Crippen LogP contribution in [-0.4, -0.2) is 36.4 Å². The molecule has 0 radical (unpaired) electrons. The summed E-state index contributed by atoms with van der Waals surface area (Å²) in [4.78, 5) is 0. The normalized spacial score (nSPS) is 9.86. The topological polar surface area (TPSA) is 48.1 Å². The number of nitrogens with one attached hydrogen (secondary N) is 4. The van der Waals surface area contributed by atoms with Crippen molar-refractivity contribution in [3.05, 3.63) is 0 Å². The SMILES string of the molecule is CCCCCCNC(=S)NCCCCCC.CCCCNC(=S)NCCCC. The van der Waals surface area contributed by atoms with Gasteiger partial charge in [-0.2, -0.15) is 0 Å². The van der Waals surface area contributed by atoms with Gasteiger partial charge in [-0.3, -0.25) is 0 Å². The molecule has 6 heteroatoms. The lowest BCUT2D eigenvalue weighted by molar-refractivity contribution is 0.635. The molecule has 168 valence electrons. The fourth-order valence-electron chi connectivity index (χ4n) is 2.39. The first-order valence-corrected chi connectivity index (χ1v) is 12.5. The Morgan fingerprint density at radius 1 is 0.429 bits per heavy atom. The van der Waals surface area contributed by atoms with Crippen LogP contribution in [0.15, 0.2) is 0 Å². The molecule has 4 N–H and O–H groups in total. The van der Waals surface area contributed by atoms with Crippen LogP contribution in [0.4, 0.5) is 0 Å². The molecule has 0 saturated carbocycles. The Labute approximate surface area is 186 Å². The van der Waals surface area contributed by atoms with Crippen LogP contribution in [0.1, 0.15) is 105 Å². The molecule has 0 spiro atoms. The van der Waals surface area contributed by atoms with Gasteiger partial charge in [-0.05, 0) is 50.1 Å². The summed E-state index contributed by atoms with van der Waals surface area (Å²) >= 11 is 10.2. The van der Waals surface area contributed by atoms with Gasteiger partial charge in [0.1, 0.15) is 0 Å². The van der Waals surface area contributed by atoms with Crippen molar-refractivity contribution in [2.75, 3.05) is 26.2 Å². The van der Waals surface area contributed by atoms with E-state index in [0.717, 1.165) is 36.4 Å². The third kappa shape index (κ3) is 27.6. The van der Waals surface area contributed by atoms with Crippen LogP contribution in [0, 0.1) is 0 Å². The van der Waals surface area contributed by atoms with Gasteiger partial charge in [-0.15, -0.1) is 0 Å². The van der Waals surface area contributed by atoms with Crippen LogP contribution < -0.4 is 21.3 Å². The number of unbranched alkanes of at least 4 members (excludes halogenated alkanes) is 8. The van der Waals surface area contributed by atoms with E-state index in [9.17, 15) is 0 Å². The quantitative estimate of drug-likeness (QED) is 0.186. The fraction of sp³-hybridized carbons (Fsp3) is 0.909. The summed E-state index contributed by atoms with van der Waals surface area (Å²) in [5.74, 6) is 0. The van der Waals surface area contributed by atoms with Gasteiger partial charge in [-0.1, -0.05) is 79.1 Å². The summed E-state index contributed by atoms with van der Waals surface area (Å²) in [6, 6.07) is 0. The second kappa shape index (κ2) is 26.4. The molecule has 0 aliphatic rings. The van der Waals surface area contributed by atoms with Crippen LogP contribution in [-0.2, 0) is 0 Å². The summed E-state index contributed by atoms with van der Waals surface area (Å²) in [5.41, 5.74) is 0. The molecule has 0 saturated heterocycles. The van der Waals surface area contributed by atoms with Gasteiger partial charge in [0.15, 0.2) is 10.2 Å². The van der Waals surface area contributed by atoms with E-state index in [-0.39, 0.29) is 0 Å². The lowest BCUT2D eigenvalue weighted by Crippen LogP contribution is -2.36. The van der Waals surface area contributed by atoms with E-state index in [1.807, 2.05) is 0 Å². The van der Waals surface area contributed by atoms with Gasteiger partial charge < -0.3 is 21.3 Å². The fourth-order valence-corrected chi connectivity index (χ4v) is 2.80. The molecule has 0 rings (SSSR count). The maximum atomic E-state index is 5.19. The highest BCUT2D eigenvalue weighted by Crippen LogP contribution is 1.98. The average molecular weight is 433 g/mol. The molecular formula is C22H48N4S2. The number of rotatable bonds is 16. The Hall–Kier alpha value is -0.620. The maximum absolute atomic E-state index is 5.19. The molecule has 0 aromatic carbocycles. The highest BCUT2D eigenvalue weighted by Gasteiger charge is 1.94. The predicted octanol–water partition coefficient (Wildman–Crippen LogP) is 5.66. The van der Waals surface area contributed by atoms with Gasteiger partial charge >= 0.3 is 0 Å². The molecule has 0 bridgehead atoms. The van der Waals surface area contributed by atoms with E-state index in [1.165, 1.54) is 77.0 Å². The van der Waals surface area contributed by atoms with Gasteiger partial charge in [-0.25, -0.2) is 0 Å². The van der Waals surface area contributed by atoms with E-state index in [0.29, 0.717) is 0 Å². The third-order valence-electron chi connectivity index (χ3n) is 4.26. The van der Waals surface area contributed by atoms with Crippen molar-refractivity contribution in [1.82, 2.24) is 21.3 Å². The second-order valence-electron chi connectivity index (χ2n) is 7.19. The zero-order valence-electron chi connectivity index (χ0n) is 19.1. The summed E-state index contributed by atoms with van der Waals surface area (Å²) in [6.07, 6.45) is 15.1. The van der Waals surface area contributed by atoms with Crippen LogP contribution in [0.5, 0.6) is 0 Å². The Kier molecular flexibility index (Phi) is 27.9. The molecule has 0 atom stereocenters. The zero-order valence-corrected chi connectivity index (χ0v) is 20.8. The van der Waals surface area contributed by atoms with Crippen molar-refractivity contribution >= 4 is 34.7 Å². The largest absolute Gasteiger partial charge is 0.363 e. The van der Waals surface area contributed by atoms with Crippen LogP contribution in [0.3, 0.4) is 0 Å². The van der Waals surface area contributed by atoms with Crippen molar-refractivity contribution in [2.45, 2.75) is 105 Å². The molecule has 0 aromatic heterocycles. The average Bonchev–Trinajstić information content (AvgIpc) is 2.68. The first kappa shape index (κ1) is 29.6. The molecule has 28 heavy (non-hydrogen) atoms. The Morgan fingerprint density at radius 2 is 0.714 bits per heavy atom. The monoisotopic (exact) mass is 432 g/mol. The van der Waals surface area contributed by atoms with E-state index in [4.69, 9.17) is 24.4 Å². The molecule has 0 amide bonds. The molecule has 0 heterocycles. The first-order chi connectivity index (χ1) is 13.6. The number of hydrogen-bond donors (Lipinski definition) is 4. The van der Waals surface area contributed by atoms with Crippen LogP contribution in [0.25, 0.3) is 0 Å². The minimum absolute atomic E-state index is 0.803. The van der Waals surface area contributed by atoms with E-state index >= 15 is 0 Å². The molecule has 0 aliphatic carbocycles. The van der Waals surface area contributed by atoms with Crippen molar-refractivity contribution in [3.8, 4) is 0 Å². The predicted molar refractivity (Wildman–Crippen MR) is 135 cm³/mol. The zero-order chi connectivity index (χ0) is 21.3. The van der Waals surface area contributed by atoms with Crippen LogP contribution in [0.2, 0.25) is 0 Å². The standard InChI is InChI=1S/C13H28N2S.C9H20N2S/c1-3-5-7-9-11-14-13(16)15-12-10-8-6-4-2;1-3-5-7-10-9(12)11-8-6-4-2/h3-12H2,1-2H3,(H2,14,15,16);3-8H2,1-2H3,(H2,10,11,12). The summed E-state index contributed by atoms with van der Waals surface area (Å²) < 4.78 is 0. The van der Waals surface area contributed by atoms with Gasteiger partial charge in [0.25, 0.3) is 0 Å². The van der Waals surface area contributed by atoms with Crippen molar-refractivity contribution in [2.24, 2.45) is 0 Å². The number of hydrogen-bond acceptors (Lipinski definition) is 2. The van der Waals surface area contributed by atoms with E-state index in [1.54, 1.807) is 0 Å². The lowest BCUT2D eigenvalue weighted by atomic mass is 10.2. The van der Waals surface area contributed by atoms with Crippen molar-refractivity contribution in [3.63, 3.8) is 0 Å². The van der Waals surface area contributed by atoms with E-state index < -0.39 is 0 Å². The summed E-state index contributed by atoms with van der Waals surface area (Å²) in [5, 5.41) is 14.5. The summed E-state index contributed by atoms with van der Waals surface area (Å²) in [7, 11) is 0. The molecule has 4 nitrogen and oxygen atoms in total.